The zero-order chi connectivity index (χ0) is 13.8. The van der Waals surface area contributed by atoms with Crippen LogP contribution in [-0.2, 0) is 0 Å². The van der Waals surface area contributed by atoms with Gasteiger partial charge in [0.15, 0.2) is 5.78 Å². The van der Waals surface area contributed by atoms with E-state index in [-0.39, 0.29) is 11.5 Å². The first-order valence-corrected chi connectivity index (χ1v) is 6.27. The van der Waals surface area contributed by atoms with E-state index >= 15 is 0 Å². The molecule has 96 valence electrons. The molecule has 0 aliphatic heterocycles. The second kappa shape index (κ2) is 5.62. The normalized spacial score (nSPS) is 10.2. The van der Waals surface area contributed by atoms with E-state index in [1.165, 1.54) is 30.8 Å². The fourth-order valence-corrected chi connectivity index (χ4v) is 2.21. The van der Waals surface area contributed by atoms with Crippen LogP contribution in [0.5, 0.6) is 0 Å². The lowest BCUT2D eigenvalue weighted by atomic mass is 10.3. The Morgan fingerprint density at radius 2 is 1.79 bits per heavy atom. The molecular formula is C13H10N2O3S. The Kier molecular flexibility index (Phi) is 3.91. The maximum atomic E-state index is 11.1. The van der Waals surface area contributed by atoms with E-state index in [2.05, 4.69) is 4.98 Å². The molecule has 0 aliphatic rings. The molecule has 0 N–H and O–H groups in total. The van der Waals surface area contributed by atoms with Gasteiger partial charge < -0.3 is 0 Å². The Labute approximate surface area is 113 Å². The summed E-state index contributed by atoms with van der Waals surface area (Å²) >= 11 is 1.43. The van der Waals surface area contributed by atoms with Crippen LogP contribution >= 0.6 is 11.8 Å². The summed E-state index contributed by atoms with van der Waals surface area (Å²) in [5, 5.41) is 10.5. The monoisotopic (exact) mass is 274 g/mol. The second-order valence-corrected chi connectivity index (χ2v) is 4.94. The number of benzene rings is 1. The minimum atomic E-state index is -0.433. The highest BCUT2D eigenvalue weighted by Crippen LogP contribution is 2.28. The van der Waals surface area contributed by atoms with Crippen LogP contribution in [0.25, 0.3) is 0 Å². The number of non-ortho nitro benzene ring substituents is 1. The minimum absolute atomic E-state index is 0.0643. The Hall–Kier alpha value is -2.21. The first-order valence-electron chi connectivity index (χ1n) is 5.45. The van der Waals surface area contributed by atoms with Crippen molar-refractivity contribution >= 4 is 23.2 Å². The lowest BCUT2D eigenvalue weighted by Crippen LogP contribution is -1.95. The highest BCUT2D eigenvalue weighted by molar-refractivity contribution is 7.99. The van der Waals surface area contributed by atoms with Crippen LogP contribution < -0.4 is 0 Å². The molecule has 0 aliphatic carbocycles. The van der Waals surface area contributed by atoms with E-state index in [4.69, 9.17) is 0 Å². The molecule has 19 heavy (non-hydrogen) atoms. The number of carbonyl (C=O) groups excluding carboxylic acids is 1. The summed E-state index contributed by atoms with van der Waals surface area (Å²) in [6.07, 6.45) is 1.61. The lowest BCUT2D eigenvalue weighted by molar-refractivity contribution is -0.384. The van der Waals surface area contributed by atoms with Gasteiger partial charge in [0.25, 0.3) is 5.69 Å². The third-order valence-corrected chi connectivity index (χ3v) is 3.37. The van der Waals surface area contributed by atoms with Gasteiger partial charge in [-0.25, -0.2) is 0 Å². The van der Waals surface area contributed by atoms with Crippen molar-refractivity contribution in [3.63, 3.8) is 0 Å². The number of ketones is 1. The zero-order valence-electron chi connectivity index (χ0n) is 10.1. The van der Waals surface area contributed by atoms with Crippen molar-refractivity contribution in [1.82, 2.24) is 4.98 Å². The maximum Gasteiger partial charge on any atom is 0.269 e. The summed E-state index contributed by atoms with van der Waals surface area (Å²) in [7, 11) is 0. The Balaban J connectivity index is 2.12. The smallest absolute Gasteiger partial charge is 0.269 e. The second-order valence-electron chi connectivity index (χ2n) is 3.79. The fourth-order valence-electron chi connectivity index (χ4n) is 1.42. The van der Waals surface area contributed by atoms with Gasteiger partial charge in [-0.3, -0.25) is 19.9 Å². The van der Waals surface area contributed by atoms with Crippen LogP contribution in [-0.4, -0.2) is 15.7 Å². The summed E-state index contributed by atoms with van der Waals surface area (Å²) in [6.45, 7) is 1.46. The standard InChI is InChI=1S/C13H10N2O3S/c1-9(16)13-7-6-12(8-14-13)19-11-4-2-10(3-5-11)15(17)18/h2-8H,1H3. The van der Waals surface area contributed by atoms with Gasteiger partial charge >= 0.3 is 0 Å². The minimum Gasteiger partial charge on any atom is -0.293 e. The molecule has 0 amide bonds. The quantitative estimate of drug-likeness (QED) is 0.485. The zero-order valence-corrected chi connectivity index (χ0v) is 10.9. The van der Waals surface area contributed by atoms with Crippen LogP contribution in [0.2, 0.25) is 0 Å². The van der Waals surface area contributed by atoms with Crippen molar-refractivity contribution < 1.29 is 9.72 Å². The highest BCUT2D eigenvalue weighted by Gasteiger charge is 2.06. The first-order chi connectivity index (χ1) is 9.06. The molecule has 1 aromatic heterocycles. The van der Waals surface area contributed by atoms with Crippen LogP contribution in [0, 0.1) is 10.1 Å². The molecule has 2 aromatic rings. The van der Waals surface area contributed by atoms with Crippen LogP contribution in [0.4, 0.5) is 5.69 Å². The molecule has 0 unspecified atom stereocenters. The number of nitro groups is 1. The molecule has 0 spiro atoms. The Morgan fingerprint density at radius 1 is 1.16 bits per heavy atom. The highest BCUT2D eigenvalue weighted by atomic mass is 32.2. The third-order valence-electron chi connectivity index (χ3n) is 2.38. The molecule has 0 atom stereocenters. The first kappa shape index (κ1) is 13.2. The Morgan fingerprint density at radius 3 is 2.26 bits per heavy atom. The fraction of sp³-hybridized carbons (Fsp3) is 0.0769. The Bertz CT molecular complexity index is 553. The van der Waals surface area contributed by atoms with E-state index in [1.54, 1.807) is 30.5 Å². The van der Waals surface area contributed by atoms with Crippen molar-refractivity contribution in [2.24, 2.45) is 0 Å². The van der Waals surface area contributed by atoms with E-state index in [0.29, 0.717) is 5.69 Å². The van der Waals surface area contributed by atoms with Gasteiger partial charge in [-0.1, -0.05) is 11.8 Å². The number of aromatic nitrogens is 1. The predicted octanol–water partition coefficient (Wildman–Crippen LogP) is 3.34. The van der Waals surface area contributed by atoms with Gasteiger partial charge in [0.2, 0.25) is 0 Å². The summed E-state index contributed by atoms with van der Waals surface area (Å²) in [6, 6.07) is 9.74. The number of pyridine rings is 1. The van der Waals surface area contributed by atoms with E-state index in [1.807, 2.05) is 0 Å². The van der Waals surface area contributed by atoms with E-state index in [9.17, 15) is 14.9 Å². The number of hydrogen-bond donors (Lipinski definition) is 0. The van der Waals surface area contributed by atoms with Crippen LogP contribution in [0.1, 0.15) is 17.4 Å². The summed E-state index contributed by atoms with van der Waals surface area (Å²) in [5.41, 5.74) is 0.488. The average molecular weight is 274 g/mol. The number of hydrogen-bond acceptors (Lipinski definition) is 5. The number of Topliss-reactive ketones (excluding diaryl/α,β-unsaturated/α-hetero) is 1. The van der Waals surface area contributed by atoms with Gasteiger partial charge in [0.05, 0.1) is 4.92 Å². The van der Waals surface area contributed by atoms with Gasteiger partial charge in [-0.05, 0) is 24.3 Å². The average Bonchev–Trinajstić information content (AvgIpc) is 2.40. The van der Waals surface area contributed by atoms with Gasteiger partial charge in [0, 0.05) is 35.0 Å². The summed E-state index contributed by atoms with van der Waals surface area (Å²) in [4.78, 5) is 27.0. The maximum absolute atomic E-state index is 11.1. The molecule has 0 fully saturated rings. The lowest BCUT2D eigenvalue weighted by Gasteiger charge is -2.01. The van der Waals surface area contributed by atoms with Crippen LogP contribution in [0.3, 0.4) is 0 Å². The molecule has 1 heterocycles. The van der Waals surface area contributed by atoms with Crippen molar-refractivity contribution in [3.05, 3.63) is 58.4 Å². The van der Waals surface area contributed by atoms with Crippen molar-refractivity contribution in [1.29, 1.82) is 0 Å². The number of nitrogens with zero attached hydrogens (tertiary/aromatic N) is 2. The SMILES string of the molecule is CC(=O)c1ccc(Sc2ccc([N+](=O)[O-])cc2)cn1. The molecule has 0 bridgehead atoms. The van der Waals surface area contributed by atoms with Crippen molar-refractivity contribution in [2.75, 3.05) is 0 Å². The van der Waals surface area contributed by atoms with Crippen molar-refractivity contribution in [2.45, 2.75) is 16.7 Å². The van der Waals surface area contributed by atoms with Crippen LogP contribution in [0.15, 0.2) is 52.4 Å². The topological polar surface area (TPSA) is 73.1 Å². The number of nitro benzene ring substituents is 1. The molecular weight excluding hydrogens is 264 g/mol. The largest absolute Gasteiger partial charge is 0.293 e. The van der Waals surface area contributed by atoms with Gasteiger partial charge in [0.1, 0.15) is 5.69 Å². The number of carbonyl (C=O) groups is 1. The molecule has 6 heteroatoms. The molecule has 5 nitrogen and oxygen atoms in total. The summed E-state index contributed by atoms with van der Waals surface area (Å²) in [5.74, 6) is -0.0770. The number of rotatable bonds is 4. The molecule has 0 radical (unpaired) electrons. The van der Waals surface area contributed by atoms with E-state index in [0.717, 1.165) is 9.79 Å². The third kappa shape index (κ3) is 3.38. The van der Waals surface area contributed by atoms with Gasteiger partial charge in [-0.15, -0.1) is 0 Å². The van der Waals surface area contributed by atoms with E-state index < -0.39 is 4.92 Å². The molecule has 1 aromatic carbocycles. The molecule has 0 saturated heterocycles. The van der Waals surface area contributed by atoms with Gasteiger partial charge in [-0.2, -0.15) is 0 Å². The molecule has 0 saturated carbocycles. The molecule has 2 rings (SSSR count). The predicted molar refractivity (Wildman–Crippen MR) is 71.5 cm³/mol. The summed E-state index contributed by atoms with van der Waals surface area (Å²) < 4.78 is 0. The van der Waals surface area contributed by atoms with Crippen molar-refractivity contribution in [3.8, 4) is 0 Å².